The van der Waals surface area contributed by atoms with Crippen molar-refractivity contribution in [2.24, 2.45) is 0 Å². The molecule has 0 fully saturated rings. The SMILES string of the molecule is COc1ccc(Cl)cc1-c1noc(-c2ccc(COc3ccc(Cl)cc3Cl)o2)n1. The van der Waals surface area contributed by atoms with Gasteiger partial charge in [0.15, 0.2) is 5.76 Å². The van der Waals surface area contributed by atoms with E-state index in [2.05, 4.69) is 10.1 Å². The first-order valence-electron chi connectivity index (χ1n) is 8.38. The predicted octanol–water partition coefficient (Wildman–Crippen LogP) is 6.54. The molecule has 0 atom stereocenters. The fourth-order valence-corrected chi connectivity index (χ4v) is 3.23. The van der Waals surface area contributed by atoms with Crippen molar-refractivity contribution in [2.45, 2.75) is 6.61 Å². The Hall–Kier alpha value is -2.67. The fourth-order valence-electron chi connectivity index (χ4n) is 2.60. The van der Waals surface area contributed by atoms with E-state index in [0.29, 0.717) is 49.5 Å². The molecule has 0 amide bonds. The highest BCUT2D eigenvalue weighted by Crippen LogP contribution is 2.33. The van der Waals surface area contributed by atoms with E-state index < -0.39 is 0 Å². The van der Waals surface area contributed by atoms with Crippen molar-refractivity contribution in [2.75, 3.05) is 7.11 Å². The molecule has 0 N–H and O–H groups in total. The smallest absolute Gasteiger partial charge is 0.293 e. The fraction of sp³-hybridized carbons (Fsp3) is 0.100. The molecule has 0 spiro atoms. The van der Waals surface area contributed by atoms with Crippen LogP contribution in [0.3, 0.4) is 0 Å². The number of methoxy groups -OCH3 is 1. The summed E-state index contributed by atoms with van der Waals surface area (Å²) in [7, 11) is 1.56. The number of furan rings is 1. The topological polar surface area (TPSA) is 70.5 Å². The second-order valence-electron chi connectivity index (χ2n) is 5.90. The van der Waals surface area contributed by atoms with Gasteiger partial charge in [0.1, 0.15) is 23.9 Å². The Morgan fingerprint density at radius 2 is 1.69 bits per heavy atom. The first-order chi connectivity index (χ1) is 14.0. The van der Waals surface area contributed by atoms with Crippen molar-refractivity contribution in [1.82, 2.24) is 10.1 Å². The van der Waals surface area contributed by atoms with Crippen molar-refractivity contribution in [3.63, 3.8) is 0 Å². The minimum Gasteiger partial charge on any atom is -0.496 e. The van der Waals surface area contributed by atoms with E-state index >= 15 is 0 Å². The average Bonchev–Trinajstić information content (AvgIpc) is 3.37. The molecule has 148 valence electrons. The van der Waals surface area contributed by atoms with Crippen LogP contribution in [0.5, 0.6) is 11.5 Å². The van der Waals surface area contributed by atoms with Crippen LogP contribution < -0.4 is 9.47 Å². The van der Waals surface area contributed by atoms with Gasteiger partial charge in [-0.15, -0.1) is 0 Å². The van der Waals surface area contributed by atoms with Gasteiger partial charge in [-0.05, 0) is 48.5 Å². The normalized spacial score (nSPS) is 10.9. The van der Waals surface area contributed by atoms with Gasteiger partial charge in [-0.25, -0.2) is 0 Å². The molecule has 0 saturated carbocycles. The molecular formula is C20H13Cl3N2O4. The number of benzene rings is 2. The summed E-state index contributed by atoms with van der Waals surface area (Å²) in [5.41, 5.74) is 0.613. The Morgan fingerprint density at radius 1 is 0.931 bits per heavy atom. The van der Waals surface area contributed by atoms with E-state index in [4.69, 9.17) is 53.2 Å². The van der Waals surface area contributed by atoms with Crippen LogP contribution in [0.15, 0.2) is 57.5 Å². The van der Waals surface area contributed by atoms with Gasteiger partial charge in [-0.3, -0.25) is 0 Å². The lowest BCUT2D eigenvalue weighted by Crippen LogP contribution is -1.94. The Kier molecular flexibility index (Phi) is 5.67. The number of aromatic nitrogens is 2. The highest BCUT2D eigenvalue weighted by atomic mass is 35.5. The molecule has 2 aromatic heterocycles. The third-order valence-electron chi connectivity index (χ3n) is 3.96. The Balaban J connectivity index is 1.51. The molecule has 0 bridgehead atoms. The van der Waals surface area contributed by atoms with Gasteiger partial charge in [0.25, 0.3) is 5.89 Å². The quantitative estimate of drug-likeness (QED) is 0.331. The monoisotopic (exact) mass is 450 g/mol. The standard InChI is InChI=1S/C20H13Cl3N2O4/c1-26-16-5-2-11(21)8-14(16)19-24-20(29-25-19)18-7-4-13(28-18)10-27-17-6-3-12(22)9-15(17)23/h2-9H,10H2,1H3. The minimum absolute atomic E-state index is 0.171. The maximum absolute atomic E-state index is 6.10. The van der Waals surface area contributed by atoms with E-state index in [1.54, 1.807) is 55.6 Å². The third-order valence-corrected chi connectivity index (χ3v) is 4.73. The zero-order chi connectivity index (χ0) is 20.4. The Morgan fingerprint density at radius 3 is 2.45 bits per heavy atom. The van der Waals surface area contributed by atoms with Gasteiger partial charge in [0.2, 0.25) is 5.82 Å². The Labute approximate surface area is 180 Å². The molecule has 0 radical (unpaired) electrons. The molecule has 0 aliphatic heterocycles. The number of ether oxygens (including phenoxy) is 2. The van der Waals surface area contributed by atoms with Crippen molar-refractivity contribution in [3.05, 3.63) is 69.4 Å². The van der Waals surface area contributed by atoms with Crippen molar-refractivity contribution < 1.29 is 18.4 Å². The van der Waals surface area contributed by atoms with Crippen LogP contribution in [-0.4, -0.2) is 17.3 Å². The molecule has 2 heterocycles. The lowest BCUT2D eigenvalue weighted by atomic mass is 10.2. The summed E-state index contributed by atoms with van der Waals surface area (Å²) in [5, 5.41) is 5.47. The van der Waals surface area contributed by atoms with Crippen molar-refractivity contribution in [1.29, 1.82) is 0 Å². The Bertz CT molecular complexity index is 1160. The van der Waals surface area contributed by atoms with Crippen LogP contribution in [0.25, 0.3) is 23.0 Å². The van der Waals surface area contributed by atoms with Gasteiger partial charge < -0.3 is 18.4 Å². The van der Waals surface area contributed by atoms with Gasteiger partial charge >= 0.3 is 0 Å². The maximum atomic E-state index is 6.10. The largest absolute Gasteiger partial charge is 0.496 e. The van der Waals surface area contributed by atoms with Crippen LogP contribution in [0.4, 0.5) is 0 Å². The molecule has 0 saturated heterocycles. The van der Waals surface area contributed by atoms with Crippen molar-refractivity contribution >= 4 is 34.8 Å². The van der Waals surface area contributed by atoms with E-state index in [0.717, 1.165) is 0 Å². The van der Waals surface area contributed by atoms with Gasteiger partial charge in [-0.1, -0.05) is 40.0 Å². The number of halogens is 3. The zero-order valence-electron chi connectivity index (χ0n) is 15.0. The highest BCUT2D eigenvalue weighted by molar-refractivity contribution is 6.35. The highest BCUT2D eigenvalue weighted by Gasteiger charge is 2.17. The minimum atomic E-state index is 0.171. The van der Waals surface area contributed by atoms with Crippen LogP contribution in [-0.2, 0) is 6.61 Å². The molecule has 0 aliphatic carbocycles. The molecule has 2 aromatic carbocycles. The molecule has 4 rings (SSSR count). The summed E-state index contributed by atoms with van der Waals surface area (Å²) in [6.45, 7) is 0.171. The summed E-state index contributed by atoms with van der Waals surface area (Å²) in [5.74, 6) is 2.60. The lowest BCUT2D eigenvalue weighted by Gasteiger charge is -2.06. The van der Waals surface area contributed by atoms with Gasteiger partial charge in [-0.2, -0.15) is 4.98 Å². The van der Waals surface area contributed by atoms with E-state index in [1.807, 2.05) is 0 Å². The molecular weight excluding hydrogens is 439 g/mol. The number of nitrogens with zero attached hydrogens (tertiary/aromatic N) is 2. The maximum Gasteiger partial charge on any atom is 0.293 e. The molecule has 0 aliphatic rings. The van der Waals surface area contributed by atoms with Gasteiger partial charge in [0, 0.05) is 10.0 Å². The second-order valence-corrected chi connectivity index (χ2v) is 7.18. The van der Waals surface area contributed by atoms with Crippen LogP contribution in [0, 0.1) is 0 Å². The second kappa shape index (κ2) is 8.37. The zero-order valence-corrected chi connectivity index (χ0v) is 17.3. The van der Waals surface area contributed by atoms with E-state index in [1.165, 1.54) is 0 Å². The molecule has 4 aromatic rings. The van der Waals surface area contributed by atoms with Crippen LogP contribution >= 0.6 is 34.8 Å². The molecule has 9 heteroatoms. The predicted molar refractivity (Wildman–Crippen MR) is 110 cm³/mol. The average molecular weight is 452 g/mol. The number of hydrogen-bond donors (Lipinski definition) is 0. The van der Waals surface area contributed by atoms with Gasteiger partial charge in [0.05, 0.1) is 17.7 Å². The first-order valence-corrected chi connectivity index (χ1v) is 9.51. The molecule has 6 nitrogen and oxygen atoms in total. The summed E-state index contributed by atoms with van der Waals surface area (Å²) >= 11 is 18.0. The lowest BCUT2D eigenvalue weighted by molar-refractivity contribution is 0.270. The molecule has 29 heavy (non-hydrogen) atoms. The third kappa shape index (κ3) is 4.34. The summed E-state index contributed by atoms with van der Waals surface area (Å²) in [6, 6.07) is 13.6. The van der Waals surface area contributed by atoms with Crippen LogP contribution in [0.2, 0.25) is 15.1 Å². The van der Waals surface area contributed by atoms with Crippen LogP contribution in [0.1, 0.15) is 5.76 Å². The summed E-state index contributed by atoms with van der Waals surface area (Å²) in [6.07, 6.45) is 0. The van der Waals surface area contributed by atoms with E-state index in [-0.39, 0.29) is 12.5 Å². The molecule has 0 unspecified atom stereocenters. The summed E-state index contributed by atoms with van der Waals surface area (Å²) < 4.78 is 22.0. The number of hydrogen-bond acceptors (Lipinski definition) is 6. The van der Waals surface area contributed by atoms with E-state index in [9.17, 15) is 0 Å². The first kappa shape index (κ1) is 19.6. The van der Waals surface area contributed by atoms with Crippen molar-refractivity contribution in [3.8, 4) is 34.5 Å². The number of rotatable bonds is 6. The summed E-state index contributed by atoms with van der Waals surface area (Å²) in [4.78, 5) is 4.37.